The molecule has 1 saturated carbocycles. The van der Waals surface area contributed by atoms with E-state index in [2.05, 4.69) is 47.1 Å². The summed E-state index contributed by atoms with van der Waals surface area (Å²) in [5.41, 5.74) is 3.00. The Labute approximate surface area is 229 Å². The van der Waals surface area contributed by atoms with Crippen LogP contribution in [-0.2, 0) is 0 Å². The molecular formula is C33H46N2O3. The van der Waals surface area contributed by atoms with Gasteiger partial charge in [-0.2, -0.15) is 0 Å². The van der Waals surface area contributed by atoms with Gasteiger partial charge in [-0.05, 0) is 82.7 Å². The molecule has 38 heavy (non-hydrogen) atoms. The van der Waals surface area contributed by atoms with E-state index in [1.54, 1.807) is 0 Å². The Bertz CT molecular complexity index is 1050. The van der Waals surface area contributed by atoms with E-state index in [-0.39, 0.29) is 5.91 Å². The van der Waals surface area contributed by atoms with E-state index in [0.717, 1.165) is 31.0 Å². The third-order valence-electron chi connectivity index (χ3n) is 7.88. The first kappa shape index (κ1) is 28.2. The summed E-state index contributed by atoms with van der Waals surface area (Å²) in [4.78, 5) is 18.8. The molecule has 4 rings (SSSR count). The van der Waals surface area contributed by atoms with Gasteiger partial charge in [0.15, 0.2) is 11.5 Å². The highest BCUT2D eigenvalue weighted by Gasteiger charge is 2.31. The van der Waals surface area contributed by atoms with Crippen LogP contribution in [0.15, 0.2) is 54.1 Å². The number of hydrogen-bond donors (Lipinski definition) is 0. The van der Waals surface area contributed by atoms with E-state index in [9.17, 15) is 4.79 Å². The summed E-state index contributed by atoms with van der Waals surface area (Å²) in [5.74, 6) is 2.19. The standard InChI is InChI=1S/C33H46N2O3/c1-4-37-31-19-18-29(22-32(31)38-5-2)33(36)35(23-26(3)21-27-13-8-6-9-14-27)25-30-17-12-20-34(30)24-28-15-10-7-11-16-28/h6,8-9,13-14,18-19,21-22,28,30H,4-5,7,10-12,15-17,20,23-25H2,1-3H3/t30-/m0/s1. The molecule has 1 aliphatic carbocycles. The Kier molecular flexibility index (Phi) is 10.7. The number of amides is 1. The van der Waals surface area contributed by atoms with Gasteiger partial charge < -0.3 is 14.4 Å². The largest absolute Gasteiger partial charge is 0.490 e. The highest BCUT2D eigenvalue weighted by Crippen LogP contribution is 2.31. The maximum atomic E-state index is 14.0. The van der Waals surface area contributed by atoms with Crippen LogP contribution in [0.25, 0.3) is 6.08 Å². The molecule has 1 saturated heterocycles. The Morgan fingerprint density at radius 1 is 0.947 bits per heavy atom. The molecule has 2 aromatic rings. The van der Waals surface area contributed by atoms with Crippen molar-refractivity contribution in [2.75, 3.05) is 39.4 Å². The lowest BCUT2D eigenvalue weighted by Crippen LogP contribution is -2.45. The minimum absolute atomic E-state index is 0.0549. The predicted octanol–water partition coefficient (Wildman–Crippen LogP) is 7.07. The molecule has 5 nitrogen and oxygen atoms in total. The summed E-state index contributed by atoms with van der Waals surface area (Å²) in [5, 5.41) is 0. The van der Waals surface area contributed by atoms with Crippen LogP contribution in [0.2, 0.25) is 0 Å². The van der Waals surface area contributed by atoms with Gasteiger partial charge in [-0.3, -0.25) is 9.69 Å². The van der Waals surface area contributed by atoms with Gasteiger partial charge >= 0.3 is 0 Å². The molecule has 5 heteroatoms. The van der Waals surface area contributed by atoms with Crippen LogP contribution in [0.4, 0.5) is 0 Å². The average Bonchev–Trinajstić information content (AvgIpc) is 3.36. The van der Waals surface area contributed by atoms with Gasteiger partial charge in [-0.25, -0.2) is 0 Å². The third-order valence-corrected chi connectivity index (χ3v) is 7.88. The van der Waals surface area contributed by atoms with Crippen LogP contribution < -0.4 is 9.47 Å². The second-order valence-electron chi connectivity index (χ2n) is 10.9. The molecule has 1 heterocycles. The van der Waals surface area contributed by atoms with Crippen molar-refractivity contribution >= 4 is 12.0 Å². The summed E-state index contributed by atoms with van der Waals surface area (Å²) in [6, 6.07) is 16.4. The summed E-state index contributed by atoms with van der Waals surface area (Å²) in [6.07, 6.45) is 11.4. The minimum Gasteiger partial charge on any atom is -0.490 e. The van der Waals surface area contributed by atoms with Crippen molar-refractivity contribution in [1.82, 2.24) is 9.80 Å². The molecule has 0 spiro atoms. The molecule has 1 aliphatic heterocycles. The SMILES string of the molecule is CCOc1ccc(C(=O)N(CC(C)=Cc2ccccc2)C[C@@H]2CCCN2CC2CCCCC2)cc1OCC. The van der Waals surface area contributed by atoms with Gasteiger partial charge in [0.2, 0.25) is 0 Å². The summed E-state index contributed by atoms with van der Waals surface area (Å²) < 4.78 is 11.6. The topological polar surface area (TPSA) is 42.0 Å². The smallest absolute Gasteiger partial charge is 0.254 e. The fraction of sp³-hybridized carbons (Fsp3) is 0.545. The van der Waals surface area contributed by atoms with E-state index < -0.39 is 0 Å². The van der Waals surface area contributed by atoms with Gasteiger partial charge in [-0.1, -0.05) is 61.2 Å². The zero-order valence-corrected chi connectivity index (χ0v) is 23.7. The van der Waals surface area contributed by atoms with E-state index in [4.69, 9.17) is 9.47 Å². The van der Waals surface area contributed by atoms with E-state index in [1.807, 2.05) is 38.1 Å². The molecule has 2 fully saturated rings. The molecular weight excluding hydrogens is 472 g/mol. The summed E-state index contributed by atoms with van der Waals surface area (Å²) in [6.45, 7) is 10.8. The van der Waals surface area contributed by atoms with Crippen molar-refractivity contribution < 1.29 is 14.3 Å². The highest BCUT2D eigenvalue weighted by atomic mass is 16.5. The van der Waals surface area contributed by atoms with E-state index >= 15 is 0 Å². The Hall–Kier alpha value is -2.79. The summed E-state index contributed by atoms with van der Waals surface area (Å²) >= 11 is 0. The molecule has 0 aromatic heterocycles. The van der Waals surface area contributed by atoms with Gasteiger partial charge in [0, 0.05) is 31.2 Å². The quantitative estimate of drug-likeness (QED) is 0.301. The molecule has 0 radical (unpaired) electrons. The minimum atomic E-state index is 0.0549. The van der Waals surface area contributed by atoms with Crippen molar-refractivity contribution in [2.45, 2.75) is 71.8 Å². The monoisotopic (exact) mass is 518 g/mol. The fourth-order valence-electron chi connectivity index (χ4n) is 6.06. The maximum absolute atomic E-state index is 14.0. The van der Waals surface area contributed by atoms with E-state index in [0.29, 0.717) is 42.9 Å². The van der Waals surface area contributed by atoms with Crippen molar-refractivity contribution in [3.05, 3.63) is 65.2 Å². The van der Waals surface area contributed by atoms with Gasteiger partial charge in [0.1, 0.15) is 0 Å². The number of carbonyl (C=O) groups excluding carboxylic acids is 1. The highest BCUT2D eigenvalue weighted by molar-refractivity contribution is 5.95. The molecule has 2 aromatic carbocycles. The molecule has 0 unspecified atom stereocenters. The number of carbonyl (C=O) groups is 1. The van der Waals surface area contributed by atoms with Gasteiger partial charge in [0.05, 0.1) is 13.2 Å². The maximum Gasteiger partial charge on any atom is 0.254 e. The lowest BCUT2D eigenvalue weighted by molar-refractivity contribution is 0.0709. The number of ether oxygens (including phenoxy) is 2. The summed E-state index contributed by atoms with van der Waals surface area (Å²) in [7, 11) is 0. The second-order valence-corrected chi connectivity index (χ2v) is 10.9. The van der Waals surface area contributed by atoms with Crippen molar-refractivity contribution in [2.24, 2.45) is 5.92 Å². The molecule has 206 valence electrons. The van der Waals surface area contributed by atoms with Gasteiger partial charge in [-0.15, -0.1) is 0 Å². The van der Waals surface area contributed by atoms with Crippen molar-refractivity contribution in [3.63, 3.8) is 0 Å². The predicted molar refractivity (Wildman–Crippen MR) is 156 cm³/mol. The number of nitrogens with zero attached hydrogens (tertiary/aromatic N) is 2. The Balaban J connectivity index is 1.55. The zero-order chi connectivity index (χ0) is 26.7. The molecule has 2 aliphatic rings. The van der Waals surface area contributed by atoms with Crippen LogP contribution >= 0.6 is 0 Å². The van der Waals surface area contributed by atoms with Crippen molar-refractivity contribution in [1.29, 1.82) is 0 Å². The molecule has 1 amide bonds. The average molecular weight is 519 g/mol. The lowest BCUT2D eigenvalue weighted by atomic mass is 9.89. The molecule has 1 atom stereocenters. The van der Waals surface area contributed by atoms with Crippen LogP contribution in [0.1, 0.15) is 81.6 Å². The first-order chi connectivity index (χ1) is 18.6. The first-order valence-electron chi connectivity index (χ1n) is 14.7. The third kappa shape index (κ3) is 7.86. The van der Waals surface area contributed by atoms with Crippen molar-refractivity contribution in [3.8, 4) is 11.5 Å². The van der Waals surface area contributed by atoms with Crippen LogP contribution in [0.3, 0.4) is 0 Å². The van der Waals surface area contributed by atoms with Crippen LogP contribution in [-0.4, -0.2) is 61.1 Å². The van der Waals surface area contributed by atoms with Crippen LogP contribution in [0.5, 0.6) is 11.5 Å². The number of rotatable bonds is 12. The normalized spacial score (nSPS) is 18.9. The lowest BCUT2D eigenvalue weighted by Gasteiger charge is -2.34. The molecule has 0 N–H and O–H groups in total. The number of likely N-dealkylation sites (tertiary alicyclic amines) is 1. The van der Waals surface area contributed by atoms with Crippen LogP contribution in [0, 0.1) is 5.92 Å². The number of hydrogen-bond acceptors (Lipinski definition) is 4. The second kappa shape index (κ2) is 14.4. The Morgan fingerprint density at radius 3 is 2.42 bits per heavy atom. The van der Waals surface area contributed by atoms with E-state index in [1.165, 1.54) is 50.6 Å². The fourth-order valence-corrected chi connectivity index (χ4v) is 6.06. The Morgan fingerprint density at radius 2 is 1.68 bits per heavy atom. The molecule has 0 bridgehead atoms. The first-order valence-corrected chi connectivity index (χ1v) is 14.7. The van der Waals surface area contributed by atoms with Gasteiger partial charge in [0.25, 0.3) is 5.91 Å². The number of benzene rings is 2. The zero-order valence-electron chi connectivity index (χ0n) is 23.7.